The van der Waals surface area contributed by atoms with Crippen molar-refractivity contribution in [2.24, 2.45) is 0 Å². The Balaban J connectivity index is 2.25. The fraction of sp³-hybridized carbons (Fsp3) is 0.250. The molecule has 0 spiro atoms. The highest BCUT2D eigenvalue weighted by Gasteiger charge is 2.41. The normalized spacial score (nSPS) is 12.1. The van der Waals surface area contributed by atoms with Gasteiger partial charge in [-0.3, -0.25) is 4.98 Å². The van der Waals surface area contributed by atoms with E-state index in [-0.39, 0.29) is 11.4 Å². The van der Waals surface area contributed by atoms with Crippen molar-refractivity contribution in [2.75, 3.05) is 12.3 Å². The third-order valence-electron chi connectivity index (χ3n) is 2.53. The first-order valence-electron chi connectivity index (χ1n) is 5.34. The van der Waals surface area contributed by atoms with Gasteiger partial charge in [0.15, 0.2) is 6.61 Å². The number of nitrogen functional groups attached to an aromatic ring is 1. The molecular weight excluding hydrogens is 264 g/mol. The van der Waals surface area contributed by atoms with Crippen molar-refractivity contribution in [2.45, 2.75) is 12.3 Å². The van der Waals surface area contributed by atoms with Gasteiger partial charge in [-0.2, -0.15) is 8.78 Å². The summed E-state index contributed by atoms with van der Waals surface area (Å²) in [5, 5.41) is 0.514. The van der Waals surface area contributed by atoms with E-state index in [9.17, 15) is 17.6 Å². The number of halogens is 4. The number of pyridine rings is 1. The molecule has 0 aliphatic carbocycles. The van der Waals surface area contributed by atoms with Gasteiger partial charge in [-0.15, -0.1) is 0 Å². The molecule has 0 atom stereocenters. The minimum absolute atomic E-state index is 0.0687. The van der Waals surface area contributed by atoms with Crippen molar-refractivity contribution in [3.05, 3.63) is 30.5 Å². The molecule has 2 rings (SSSR count). The number of benzene rings is 1. The van der Waals surface area contributed by atoms with Gasteiger partial charge in [0.25, 0.3) is 0 Å². The zero-order chi connectivity index (χ0) is 14.0. The highest BCUT2D eigenvalue weighted by molar-refractivity contribution is 5.93. The third kappa shape index (κ3) is 2.69. The standard InChI is InChI=1S/C12H10F4N2O/c13-11(14)12(15,16)6-19-9-4-3-8-7(10(9)17)2-1-5-18-8/h1-5,11H,6,17H2. The number of alkyl halides is 4. The summed E-state index contributed by atoms with van der Waals surface area (Å²) in [7, 11) is 0. The molecular formula is C12H10F4N2O. The molecule has 0 saturated heterocycles. The minimum Gasteiger partial charge on any atom is -0.485 e. The van der Waals surface area contributed by atoms with Crippen LogP contribution in [0.4, 0.5) is 23.2 Å². The van der Waals surface area contributed by atoms with Crippen LogP contribution >= 0.6 is 0 Å². The van der Waals surface area contributed by atoms with E-state index in [0.717, 1.165) is 0 Å². The molecule has 0 aliphatic heterocycles. The number of hydrogen-bond donors (Lipinski definition) is 1. The quantitative estimate of drug-likeness (QED) is 0.688. The summed E-state index contributed by atoms with van der Waals surface area (Å²) in [6.07, 6.45) is -2.23. The van der Waals surface area contributed by atoms with Gasteiger partial charge in [0, 0.05) is 11.6 Å². The van der Waals surface area contributed by atoms with E-state index >= 15 is 0 Å². The Morgan fingerprint density at radius 1 is 1.26 bits per heavy atom. The fourth-order valence-corrected chi connectivity index (χ4v) is 1.52. The lowest BCUT2D eigenvalue weighted by Gasteiger charge is -2.17. The minimum atomic E-state index is -4.21. The average Bonchev–Trinajstić information content (AvgIpc) is 2.38. The van der Waals surface area contributed by atoms with Gasteiger partial charge < -0.3 is 10.5 Å². The molecule has 2 N–H and O–H groups in total. The average molecular weight is 274 g/mol. The van der Waals surface area contributed by atoms with Crippen LogP contribution in [0.15, 0.2) is 30.5 Å². The molecule has 2 aromatic rings. The Kier molecular flexibility index (Phi) is 3.46. The third-order valence-corrected chi connectivity index (χ3v) is 2.53. The molecule has 7 heteroatoms. The second kappa shape index (κ2) is 4.91. The Morgan fingerprint density at radius 3 is 2.68 bits per heavy atom. The predicted octanol–water partition coefficient (Wildman–Crippen LogP) is 3.10. The first-order chi connectivity index (χ1) is 8.92. The van der Waals surface area contributed by atoms with E-state index in [4.69, 9.17) is 5.73 Å². The maximum absolute atomic E-state index is 12.7. The van der Waals surface area contributed by atoms with Gasteiger partial charge in [0.05, 0.1) is 11.2 Å². The number of nitrogens with two attached hydrogens (primary N) is 1. The molecule has 0 amide bonds. The van der Waals surface area contributed by atoms with E-state index in [0.29, 0.717) is 10.9 Å². The van der Waals surface area contributed by atoms with Crippen LogP contribution in [0.2, 0.25) is 0 Å². The van der Waals surface area contributed by atoms with Crippen molar-refractivity contribution >= 4 is 16.6 Å². The van der Waals surface area contributed by atoms with Gasteiger partial charge in [-0.25, -0.2) is 8.78 Å². The summed E-state index contributed by atoms with van der Waals surface area (Å²) in [5.74, 6) is -4.28. The Bertz CT molecular complexity index is 589. The number of fused-ring (bicyclic) bond motifs is 1. The van der Waals surface area contributed by atoms with Crippen LogP contribution < -0.4 is 10.5 Å². The molecule has 1 aromatic heterocycles. The number of aromatic nitrogens is 1. The molecule has 0 aliphatic rings. The van der Waals surface area contributed by atoms with Gasteiger partial charge in [0.1, 0.15) is 5.75 Å². The summed E-state index contributed by atoms with van der Waals surface area (Å²) in [4.78, 5) is 4.02. The maximum atomic E-state index is 12.7. The summed E-state index contributed by atoms with van der Waals surface area (Å²) in [6.45, 7) is -1.43. The molecule has 1 heterocycles. The lowest BCUT2D eigenvalue weighted by molar-refractivity contribution is -0.148. The Hall–Kier alpha value is -2.05. The van der Waals surface area contributed by atoms with Crippen molar-refractivity contribution in [1.29, 1.82) is 0 Å². The van der Waals surface area contributed by atoms with E-state index in [1.807, 2.05) is 0 Å². The highest BCUT2D eigenvalue weighted by Crippen LogP contribution is 2.31. The molecule has 1 aromatic carbocycles. The summed E-state index contributed by atoms with van der Waals surface area (Å²) < 4.78 is 54.2. The summed E-state index contributed by atoms with van der Waals surface area (Å²) in [5.41, 5.74) is 6.38. The van der Waals surface area contributed by atoms with Crippen LogP contribution in [0.25, 0.3) is 10.9 Å². The number of hydrogen-bond acceptors (Lipinski definition) is 3. The molecule has 0 unspecified atom stereocenters. The zero-order valence-corrected chi connectivity index (χ0v) is 9.62. The fourth-order valence-electron chi connectivity index (χ4n) is 1.52. The molecule has 0 fully saturated rings. The lowest BCUT2D eigenvalue weighted by atomic mass is 10.1. The molecule has 19 heavy (non-hydrogen) atoms. The monoisotopic (exact) mass is 274 g/mol. The van der Waals surface area contributed by atoms with Crippen LogP contribution in [-0.4, -0.2) is 23.9 Å². The topological polar surface area (TPSA) is 48.1 Å². The van der Waals surface area contributed by atoms with Crippen molar-refractivity contribution in [1.82, 2.24) is 4.98 Å². The molecule has 3 nitrogen and oxygen atoms in total. The number of rotatable bonds is 4. The largest absolute Gasteiger partial charge is 0.485 e. The van der Waals surface area contributed by atoms with E-state index in [2.05, 4.69) is 9.72 Å². The maximum Gasteiger partial charge on any atom is 0.340 e. The number of ether oxygens (including phenoxy) is 1. The van der Waals surface area contributed by atoms with Crippen LogP contribution in [0.5, 0.6) is 5.75 Å². The van der Waals surface area contributed by atoms with Crippen LogP contribution in [0.3, 0.4) is 0 Å². The lowest BCUT2D eigenvalue weighted by Crippen LogP contribution is -2.33. The number of anilines is 1. The van der Waals surface area contributed by atoms with Crippen molar-refractivity contribution < 1.29 is 22.3 Å². The SMILES string of the molecule is Nc1c(OCC(F)(F)C(F)F)ccc2ncccc12. The second-order valence-corrected chi connectivity index (χ2v) is 3.90. The Labute approximate surface area is 106 Å². The highest BCUT2D eigenvalue weighted by atomic mass is 19.3. The van der Waals surface area contributed by atoms with Crippen molar-refractivity contribution in [3.8, 4) is 5.75 Å². The predicted molar refractivity (Wildman–Crippen MR) is 62.6 cm³/mol. The Morgan fingerprint density at radius 2 is 2.00 bits per heavy atom. The van der Waals surface area contributed by atoms with Gasteiger partial charge in [-0.05, 0) is 24.3 Å². The van der Waals surface area contributed by atoms with Crippen molar-refractivity contribution in [3.63, 3.8) is 0 Å². The van der Waals surface area contributed by atoms with Crippen LogP contribution in [-0.2, 0) is 0 Å². The second-order valence-electron chi connectivity index (χ2n) is 3.90. The summed E-state index contributed by atoms with van der Waals surface area (Å²) in [6, 6.07) is 6.10. The van der Waals surface area contributed by atoms with Gasteiger partial charge in [-0.1, -0.05) is 0 Å². The van der Waals surface area contributed by atoms with Crippen LogP contribution in [0.1, 0.15) is 0 Å². The summed E-state index contributed by atoms with van der Waals surface area (Å²) >= 11 is 0. The zero-order valence-electron chi connectivity index (χ0n) is 9.62. The van der Waals surface area contributed by atoms with E-state index in [1.54, 1.807) is 18.3 Å². The first kappa shape index (κ1) is 13.4. The van der Waals surface area contributed by atoms with Gasteiger partial charge in [0.2, 0.25) is 0 Å². The van der Waals surface area contributed by atoms with Gasteiger partial charge >= 0.3 is 12.3 Å². The molecule has 0 bridgehead atoms. The molecule has 102 valence electrons. The van der Waals surface area contributed by atoms with E-state index in [1.165, 1.54) is 12.1 Å². The molecule has 0 radical (unpaired) electrons. The van der Waals surface area contributed by atoms with E-state index < -0.39 is 19.0 Å². The van der Waals surface area contributed by atoms with Crippen LogP contribution in [0, 0.1) is 0 Å². The first-order valence-corrected chi connectivity index (χ1v) is 5.34. The molecule has 0 saturated carbocycles. The smallest absolute Gasteiger partial charge is 0.340 e. The number of nitrogens with zero attached hydrogens (tertiary/aromatic N) is 1.